The van der Waals surface area contributed by atoms with Crippen LogP contribution in [0.4, 0.5) is 16.2 Å². The molecule has 1 amide bonds. The summed E-state index contributed by atoms with van der Waals surface area (Å²) in [6.07, 6.45) is 3.29. The molecule has 1 aliphatic carbocycles. The number of carbonyl (C=O) groups excluding carboxylic acids is 1. The number of nitriles is 1. The number of nitrogen functional groups attached to an aromatic ring is 1. The van der Waals surface area contributed by atoms with Crippen LogP contribution in [0.3, 0.4) is 0 Å². The van der Waals surface area contributed by atoms with Gasteiger partial charge in [0.1, 0.15) is 11.7 Å². The highest BCUT2D eigenvalue weighted by molar-refractivity contribution is 5.73. The van der Waals surface area contributed by atoms with Crippen molar-refractivity contribution >= 4 is 17.5 Å². The van der Waals surface area contributed by atoms with Crippen molar-refractivity contribution in [2.45, 2.75) is 64.1 Å². The smallest absolute Gasteiger partial charge is 0.407 e. The Balaban J connectivity index is 1.97. The molecule has 0 bridgehead atoms. The molecule has 0 aromatic heterocycles. The van der Waals surface area contributed by atoms with E-state index in [1.165, 1.54) is 0 Å². The van der Waals surface area contributed by atoms with Gasteiger partial charge in [0, 0.05) is 12.1 Å². The minimum atomic E-state index is -0.503. The van der Waals surface area contributed by atoms with Crippen molar-refractivity contribution in [3.63, 3.8) is 0 Å². The van der Waals surface area contributed by atoms with Gasteiger partial charge in [-0.1, -0.05) is 6.07 Å². The lowest BCUT2D eigenvalue weighted by Gasteiger charge is -2.32. The van der Waals surface area contributed by atoms with Crippen LogP contribution in [0.15, 0.2) is 18.2 Å². The van der Waals surface area contributed by atoms with Crippen LogP contribution >= 0.6 is 0 Å². The molecule has 0 radical (unpaired) electrons. The van der Waals surface area contributed by atoms with Crippen molar-refractivity contribution in [1.82, 2.24) is 5.32 Å². The SMILES string of the molecule is CC(C)(C)OC(=O)N[C@@H]1CCC[C@H](Nc2c(N)cccc2C#N)C1. The van der Waals surface area contributed by atoms with Crippen LogP contribution in [-0.2, 0) is 4.74 Å². The fourth-order valence-corrected chi connectivity index (χ4v) is 2.95. The lowest BCUT2D eigenvalue weighted by atomic mass is 9.90. The molecule has 130 valence electrons. The number of carbonyl (C=O) groups is 1. The number of para-hydroxylation sites is 1. The number of nitrogens with zero attached hydrogens (tertiary/aromatic N) is 1. The Labute approximate surface area is 143 Å². The number of anilines is 2. The van der Waals surface area contributed by atoms with Gasteiger partial charge >= 0.3 is 6.09 Å². The average molecular weight is 330 g/mol. The first-order valence-electron chi connectivity index (χ1n) is 8.33. The summed E-state index contributed by atoms with van der Waals surface area (Å²) >= 11 is 0. The van der Waals surface area contributed by atoms with Gasteiger partial charge in [-0.15, -0.1) is 0 Å². The highest BCUT2D eigenvalue weighted by Gasteiger charge is 2.26. The fraction of sp³-hybridized carbons (Fsp3) is 0.556. The van der Waals surface area contributed by atoms with Crippen LogP contribution in [0, 0.1) is 11.3 Å². The molecule has 4 N–H and O–H groups in total. The summed E-state index contributed by atoms with van der Waals surface area (Å²) in [6.45, 7) is 5.54. The van der Waals surface area contributed by atoms with Crippen molar-refractivity contribution in [2.75, 3.05) is 11.1 Å². The Kier molecular flexibility index (Phi) is 5.55. The third-order valence-electron chi connectivity index (χ3n) is 3.96. The van der Waals surface area contributed by atoms with Crippen molar-refractivity contribution < 1.29 is 9.53 Å². The molecule has 0 unspecified atom stereocenters. The van der Waals surface area contributed by atoms with Gasteiger partial charge in [-0.25, -0.2) is 4.79 Å². The second kappa shape index (κ2) is 7.43. The molecule has 0 spiro atoms. The highest BCUT2D eigenvalue weighted by Crippen LogP contribution is 2.28. The zero-order valence-corrected chi connectivity index (χ0v) is 14.6. The molecule has 1 aliphatic rings. The van der Waals surface area contributed by atoms with Gasteiger partial charge < -0.3 is 21.1 Å². The number of hydrogen-bond acceptors (Lipinski definition) is 5. The average Bonchev–Trinajstić information content (AvgIpc) is 2.47. The summed E-state index contributed by atoms with van der Waals surface area (Å²) in [6, 6.07) is 7.68. The second-order valence-electron chi connectivity index (χ2n) is 7.23. The third-order valence-corrected chi connectivity index (χ3v) is 3.96. The lowest BCUT2D eigenvalue weighted by Crippen LogP contribution is -2.44. The Morgan fingerprint density at radius 1 is 1.33 bits per heavy atom. The Morgan fingerprint density at radius 3 is 2.71 bits per heavy atom. The van der Waals surface area contributed by atoms with E-state index in [1.54, 1.807) is 18.2 Å². The second-order valence-corrected chi connectivity index (χ2v) is 7.23. The predicted octanol–water partition coefficient (Wildman–Crippen LogP) is 3.39. The summed E-state index contributed by atoms with van der Waals surface area (Å²) in [4.78, 5) is 11.9. The first kappa shape index (κ1) is 17.9. The fourth-order valence-electron chi connectivity index (χ4n) is 2.95. The number of nitrogens with one attached hydrogen (secondary N) is 2. The molecule has 0 heterocycles. The molecular weight excluding hydrogens is 304 g/mol. The number of ether oxygens (including phenoxy) is 1. The number of hydrogen-bond donors (Lipinski definition) is 3. The molecule has 1 saturated carbocycles. The molecule has 1 aromatic carbocycles. The first-order valence-corrected chi connectivity index (χ1v) is 8.33. The number of rotatable bonds is 3. The van der Waals surface area contributed by atoms with E-state index < -0.39 is 5.60 Å². The topological polar surface area (TPSA) is 100 Å². The molecule has 6 nitrogen and oxygen atoms in total. The largest absolute Gasteiger partial charge is 0.444 e. The van der Waals surface area contributed by atoms with Gasteiger partial charge in [0.25, 0.3) is 0 Å². The van der Waals surface area contributed by atoms with E-state index in [2.05, 4.69) is 16.7 Å². The van der Waals surface area contributed by atoms with Gasteiger partial charge in [-0.3, -0.25) is 0 Å². The molecule has 2 rings (SSSR count). The van der Waals surface area contributed by atoms with Crippen molar-refractivity contribution in [3.05, 3.63) is 23.8 Å². The zero-order chi connectivity index (χ0) is 17.7. The maximum absolute atomic E-state index is 11.9. The van der Waals surface area contributed by atoms with E-state index in [0.29, 0.717) is 16.9 Å². The third kappa shape index (κ3) is 5.05. The van der Waals surface area contributed by atoms with Gasteiger partial charge in [-0.2, -0.15) is 5.26 Å². The summed E-state index contributed by atoms with van der Waals surface area (Å²) in [7, 11) is 0. The van der Waals surface area contributed by atoms with Gasteiger partial charge in [-0.05, 0) is 58.6 Å². The normalized spacial score (nSPS) is 20.8. The van der Waals surface area contributed by atoms with Crippen molar-refractivity contribution in [3.8, 4) is 6.07 Å². The van der Waals surface area contributed by atoms with Crippen LogP contribution in [0.2, 0.25) is 0 Å². The van der Waals surface area contributed by atoms with Crippen LogP contribution in [0.25, 0.3) is 0 Å². The number of benzene rings is 1. The van der Waals surface area contributed by atoms with Crippen LogP contribution in [-0.4, -0.2) is 23.8 Å². The number of nitrogens with two attached hydrogens (primary N) is 1. The van der Waals surface area contributed by atoms with Gasteiger partial charge in [0.15, 0.2) is 0 Å². The molecule has 2 atom stereocenters. The van der Waals surface area contributed by atoms with E-state index in [4.69, 9.17) is 10.5 Å². The monoisotopic (exact) mass is 330 g/mol. The van der Waals surface area contributed by atoms with E-state index in [1.807, 2.05) is 20.8 Å². The van der Waals surface area contributed by atoms with Crippen molar-refractivity contribution in [2.24, 2.45) is 0 Å². The zero-order valence-electron chi connectivity index (χ0n) is 14.6. The Morgan fingerprint density at radius 2 is 2.04 bits per heavy atom. The Hall–Kier alpha value is -2.42. The lowest BCUT2D eigenvalue weighted by molar-refractivity contribution is 0.0492. The molecule has 0 saturated heterocycles. The molecule has 1 aromatic rings. The van der Waals surface area contributed by atoms with E-state index in [9.17, 15) is 10.1 Å². The van der Waals surface area contributed by atoms with E-state index in [0.717, 1.165) is 25.7 Å². The summed E-state index contributed by atoms with van der Waals surface area (Å²) in [5, 5.41) is 15.5. The maximum Gasteiger partial charge on any atom is 0.407 e. The molecule has 6 heteroatoms. The highest BCUT2D eigenvalue weighted by atomic mass is 16.6. The first-order chi connectivity index (χ1) is 11.3. The van der Waals surface area contributed by atoms with Crippen molar-refractivity contribution in [1.29, 1.82) is 5.26 Å². The minimum Gasteiger partial charge on any atom is -0.444 e. The molecule has 24 heavy (non-hydrogen) atoms. The number of amides is 1. The molecular formula is C18H26N4O2. The van der Waals surface area contributed by atoms with Crippen LogP contribution < -0.4 is 16.4 Å². The van der Waals surface area contributed by atoms with Crippen LogP contribution in [0.5, 0.6) is 0 Å². The Bertz CT molecular complexity index is 631. The summed E-state index contributed by atoms with van der Waals surface area (Å²) in [5.41, 5.74) is 7.28. The van der Waals surface area contributed by atoms with E-state index >= 15 is 0 Å². The summed E-state index contributed by atoms with van der Waals surface area (Å²) < 4.78 is 5.32. The predicted molar refractivity (Wildman–Crippen MR) is 94.6 cm³/mol. The molecule has 0 aliphatic heterocycles. The van der Waals surface area contributed by atoms with Crippen LogP contribution in [0.1, 0.15) is 52.0 Å². The van der Waals surface area contributed by atoms with E-state index in [-0.39, 0.29) is 18.2 Å². The van der Waals surface area contributed by atoms with Gasteiger partial charge in [0.05, 0.1) is 16.9 Å². The minimum absolute atomic E-state index is 0.0570. The summed E-state index contributed by atoms with van der Waals surface area (Å²) in [5.74, 6) is 0. The number of alkyl carbamates (subject to hydrolysis) is 1. The maximum atomic E-state index is 11.9. The standard InChI is InChI=1S/C18H26N4O2/c1-18(2,3)24-17(23)22-14-8-5-7-13(10-14)21-16-12(11-19)6-4-9-15(16)20/h4,6,9,13-14,21H,5,7-8,10,20H2,1-3H3,(H,22,23)/t13-,14+/m0/s1. The quantitative estimate of drug-likeness (QED) is 0.738. The molecule has 1 fully saturated rings. The van der Waals surface area contributed by atoms with Gasteiger partial charge in [0.2, 0.25) is 0 Å².